The van der Waals surface area contributed by atoms with Crippen molar-refractivity contribution in [2.24, 2.45) is 5.92 Å². The van der Waals surface area contributed by atoms with Gasteiger partial charge in [0.15, 0.2) is 6.61 Å². The Labute approximate surface area is 156 Å². The summed E-state index contributed by atoms with van der Waals surface area (Å²) in [7, 11) is 0. The first kappa shape index (κ1) is 18.3. The number of piperidine rings is 1. The van der Waals surface area contributed by atoms with E-state index >= 15 is 0 Å². The van der Waals surface area contributed by atoms with E-state index in [-0.39, 0.29) is 18.6 Å². The molecule has 0 spiro atoms. The Kier molecular flexibility index (Phi) is 6.16. The lowest BCUT2D eigenvalue weighted by Crippen LogP contribution is -2.34. The number of benzene rings is 2. The Bertz CT molecular complexity index is 700. The Morgan fingerprint density at radius 1 is 1.19 bits per heavy atom. The molecular weight excluding hydrogens is 324 g/mol. The quantitative estimate of drug-likeness (QED) is 0.848. The summed E-state index contributed by atoms with van der Waals surface area (Å²) in [4.78, 5) is 14.6. The normalized spacial score (nSPS) is 18.2. The van der Waals surface area contributed by atoms with E-state index in [1.807, 2.05) is 37.3 Å². The van der Waals surface area contributed by atoms with Crippen LogP contribution in [0, 0.1) is 5.92 Å². The van der Waals surface area contributed by atoms with Crippen molar-refractivity contribution in [2.45, 2.75) is 32.7 Å². The number of hydrogen-bond donors (Lipinski definition) is 1. The second kappa shape index (κ2) is 8.75. The van der Waals surface area contributed by atoms with E-state index in [1.54, 1.807) is 0 Å². The molecule has 0 saturated carbocycles. The number of carbonyl (C=O) groups excluding carboxylic acids is 1. The number of anilines is 1. The van der Waals surface area contributed by atoms with Crippen molar-refractivity contribution in [1.29, 1.82) is 0 Å². The van der Waals surface area contributed by atoms with E-state index in [9.17, 15) is 4.79 Å². The molecule has 26 heavy (non-hydrogen) atoms. The number of ether oxygens (including phenoxy) is 1. The number of rotatable bonds is 6. The van der Waals surface area contributed by atoms with Gasteiger partial charge in [0, 0.05) is 18.8 Å². The lowest BCUT2D eigenvalue weighted by Gasteiger charge is -2.33. The molecule has 4 nitrogen and oxygen atoms in total. The third-order valence-corrected chi connectivity index (χ3v) is 4.91. The van der Waals surface area contributed by atoms with Gasteiger partial charge in [0.2, 0.25) is 0 Å². The fourth-order valence-corrected chi connectivity index (χ4v) is 3.43. The van der Waals surface area contributed by atoms with Crippen LogP contribution in [0.15, 0.2) is 54.6 Å². The van der Waals surface area contributed by atoms with Gasteiger partial charge in [0.25, 0.3) is 5.91 Å². The van der Waals surface area contributed by atoms with Crippen LogP contribution in [-0.4, -0.2) is 25.6 Å². The second-order valence-electron chi connectivity index (χ2n) is 7.18. The lowest BCUT2D eigenvalue weighted by atomic mass is 9.99. The van der Waals surface area contributed by atoms with Crippen LogP contribution in [0.2, 0.25) is 0 Å². The first-order chi connectivity index (χ1) is 12.6. The van der Waals surface area contributed by atoms with Crippen molar-refractivity contribution >= 4 is 11.6 Å². The average Bonchev–Trinajstić information content (AvgIpc) is 2.67. The second-order valence-corrected chi connectivity index (χ2v) is 7.18. The molecule has 0 bridgehead atoms. The first-order valence-electron chi connectivity index (χ1n) is 9.44. The summed E-state index contributed by atoms with van der Waals surface area (Å²) in [5, 5.41) is 2.99. The largest absolute Gasteiger partial charge is 0.484 e. The van der Waals surface area contributed by atoms with Gasteiger partial charge in [-0.1, -0.05) is 37.3 Å². The Balaban J connectivity index is 1.51. The molecule has 1 aliphatic heterocycles. The van der Waals surface area contributed by atoms with Gasteiger partial charge in [-0.25, -0.2) is 0 Å². The van der Waals surface area contributed by atoms with Crippen LogP contribution in [0.25, 0.3) is 0 Å². The molecule has 0 unspecified atom stereocenters. The Hall–Kier alpha value is -2.49. The maximum Gasteiger partial charge on any atom is 0.258 e. The van der Waals surface area contributed by atoms with Crippen LogP contribution < -0.4 is 15.0 Å². The van der Waals surface area contributed by atoms with Gasteiger partial charge in [0.05, 0.1) is 6.04 Å². The molecule has 1 heterocycles. The van der Waals surface area contributed by atoms with Gasteiger partial charge < -0.3 is 15.0 Å². The van der Waals surface area contributed by atoms with Crippen molar-refractivity contribution in [1.82, 2.24) is 5.32 Å². The SMILES string of the molecule is C[C@H]1CCCN(c2ccc([C@H](C)NC(=O)COc3ccccc3)cc2)C1. The molecule has 3 rings (SSSR count). The highest BCUT2D eigenvalue weighted by molar-refractivity contribution is 5.78. The van der Waals surface area contributed by atoms with Crippen LogP contribution in [0.3, 0.4) is 0 Å². The van der Waals surface area contributed by atoms with E-state index in [4.69, 9.17) is 4.74 Å². The highest BCUT2D eigenvalue weighted by Crippen LogP contribution is 2.24. The highest BCUT2D eigenvalue weighted by Gasteiger charge is 2.17. The van der Waals surface area contributed by atoms with Gasteiger partial charge in [-0.3, -0.25) is 4.79 Å². The van der Waals surface area contributed by atoms with Gasteiger partial charge in [0.1, 0.15) is 5.75 Å². The topological polar surface area (TPSA) is 41.6 Å². The molecule has 4 heteroatoms. The van der Waals surface area contributed by atoms with Crippen molar-refractivity contribution in [3.63, 3.8) is 0 Å². The molecule has 138 valence electrons. The zero-order chi connectivity index (χ0) is 18.4. The molecule has 0 radical (unpaired) electrons. The summed E-state index contributed by atoms with van der Waals surface area (Å²) < 4.78 is 5.49. The molecule has 0 aromatic heterocycles. The van der Waals surface area contributed by atoms with E-state index in [0.29, 0.717) is 5.75 Å². The standard InChI is InChI=1S/C22H28N2O2/c1-17-7-6-14-24(15-17)20-12-10-19(11-13-20)18(2)23-22(25)16-26-21-8-4-3-5-9-21/h3-5,8-13,17-18H,6-7,14-16H2,1-2H3,(H,23,25)/t17-,18-/m0/s1. The molecular formula is C22H28N2O2. The van der Waals surface area contributed by atoms with Crippen LogP contribution in [0.1, 0.15) is 38.3 Å². The van der Waals surface area contributed by atoms with Gasteiger partial charge >= 0.3 is 0 Å². The molecule has 0 aliphatic carbocycles. The number of amides is 1. The molecule has 1 aliphatic rings. The van der Waals surface area contributed by atoms with Gasteiger partial charge in [-0.15, -0.1) is 0 Å². The molecule has 1 fully saturated rings. The predicted molar refractivity (Wildman–Crippen MR) is 106 cm³/mol. The molecule has 1 amide bonds. The number of hydrogen-bond acceptors (Lipinski definition) is 3. The molecule has 2 atom stereocenters. The summed E-state index contributed by atoms with van der Waals surface area (Å²) in [6, 6.07) is 17.9. The van der Waals surface area contributed by atoms with Crippen molar-refractivity contribution in [3.8, 4) is 5.75 Å². The summed E-state index contributed by atoms with van der Waals surface area (Å²) in [5.41, 5.74) is 2.37. The number of para-hydroxylation sites is 1. The predicted octanol–water partition coefficient (Wildman–Crippen LogP) is 4.18. The molecule has 2 aromatic rings. The number of carbonyl (C=O) groups is 1. The number of nitrogens with zero attached hydrogens (tertiary/aromatic N) is 1. The fraction of sp³-hybridized carbons (Fsp3) is 0.409. The molecule has 1 saturated heterocycles. The van der Waals surface area contributed by atoms with Crippen LogP contribution in [0.4, 0.5) is 5.69 Å². The van der Waals surface area contributed by atoms with Crippen LogP contribution >= 0.6 is 0 Å². The van der Waals surface area contributed by atoms with Crippen LogP contribution in [-0.2, 0) is 4.79 Å². The minimum Gasteiger partial charge on any atom is -0.484 e. The summed E-state index contributed by atoms with van der Waals surface area (Å²) in [5.74, 6) is 1.34. The minimum atomic E-state index is -0.115. The van der Waals surface area contributed by atoms with Crippen molar-refractivity contribution in [2.75, 3.05) is 24.6 Å². The van der Waals surface area contributed by atoms with Crippen molar-refractivity contribution in [3.05, 3.63) is 60.2 Å². The monoisotopic (exact) mass is 352 g/mol. The van der Waals surface area contributed by atoms with Gasteiger partial charge in [-0.05, 0) is 55.5 Å². The maximum atomic E-state index is 12.1. The van der Waals surface area contributed by atoms with Crippen molar-refractivity contribution < 1.29 is 9.53 Å². The highest BCUT2D eigenvalue weighted by atomic mass is 16.5. The Morgan fingerprint density at radius 2 is 1.92 bits per heavy atom. The number of nitrogens with one attached hydrogen (secondary N) is 1. The van der Waals surface area contributed by atoms with E-state index in [0.717, 1.165) is 24.6 Å². The summed E-state index contributed by atoms with van der Waals surface area (Å²) >= 11 is 0. The van der Waals surface area contributed by atoms with Crippen LogP contribution in [0.5, 0.6) is 5.75 Å². The third kappa shape index (κ3) is 5.01. The van der Waals surface area contributed by atoms with Gasteiger partial charge in [-0.2, -0.15) is 0 Å². The zero-order valence-electron chi connectivity index (χ0n) is 15.7. The zero-order valence-corrected chi connectivity index (χ0v) is 15.7. The van der Waals surface area contributed by atoms with E-state index in [1.165, 1.54) is 18.5 Å². The minimum absolute atomic E-state index is 0.0259. The van der Waals surface area contributed by atoms with E-state index in [2.05, 4.69) is 41.4 Å². The first-order valence-corrected chi connectivity index (χ1v) is 9.44. The average molecular weight is 352 g/mol. The molecule has 2 aromatic carbocycles. The lowest BCUT2D eigenvalue weighted by molar-refractivity contribution is -0.123. The molecule has 1 N–H and O–H groups in total. The maximum absolute atomic E-state index is 12.1. The summed E-state index contributed by atoms with van der Waals surface area (Å²) in [6.45, 7) is 6.60. The third-order valence-electron chi connectivity index (χ3n) is 4.91. The smallest absolute Gasteiger partial charge is 0.258 e. The Morgan fingerprint density at radius 3 is 2.62 bits per heavy atom. The fourth-order valence-electron chi connectivity index (χ4n) is 3.43. The summed E-state index contributed by atoms with van der Waals surface area (Å²) in [6.07, 6.45) is 2.58. The van der Waals surface area contributed by atoms with E-state index < -0.39 is 0 Å².